The third-order valence-corrected chi connectivity index (χ3v) is 2.35. The number of hydrogen-bond acceptors (Lipinski definition) is 2. The fourth-order valence-electron chi connectivity index (χ4n) is 1.68. The van der Waals surface area contributed by atoms with Crippen LogP contribution in [0.3, 0.4) is 0 Å². The first-order valence-corrected chi connectivity index (χ1v) is 4.60. The second-order valence-corrected chi connectivity index (χ2v) is 3.86. The van der Waals surface area contributed by atoms with Gasteiger partial charge in [0.2, 0.25) is 0 Å². The zero-order chi connectivity index (χ0) is 10.2. The number of hydrogen-bond donors (Lipinski definition) is 0. The van der Waals surface area contributed by atoms with Gasteiger partial charge in [0, 0.05) is 11.6 Å². The number of benzene rings is 1. The summed E-state index contributed by atoms with van der Waals surface area (Å²) in [5.41, 5.74) is 1.49. The number of ether oxygens (including phenoxy) is 1. The summed E-state index contributed by atoms with van der Waals surface area (Å²) in [7, 11) is 0. The van der Waals surface area contributed by atoms with Gasteiger partial charge in [-0.1, -0.05) is 30.3 Å². The molecule has 0 saturated carbocycles. The van der Waals surface area contributed by atoms with Crippen molar-refractivity contribution in [1.29, 1.82) is 0 Å². The summed E-state index contributed by atoms with van der Waals surface area (Å²) in [6, 6.07) is 9.82. The van der Waals surface area contributed by atoms with E-state index < -0.39 is 5.60 Å². The average Bonchev–Trinajstić information content (AvgIpc) is 2.41. The van der Waals surface area contributed by atoms with Gasteiger partial charge in [-0.3, -0.25) is 0 Å². The smallest absolute Gasteiger partial charge is 0.332 e. The van der Waals surface area contributed by atoms with E-state index in [9.17, 15) is 4.79 Å². The molecule has 0 bridgehead atoms. The molecule has 2 rings (SSSR count). The van der Waals surface area contributed by atoms with E-state index in [1.807, 2.05) is 44.2 Å². The molecule has 1 heterocycles. The van der Waals surface area contributed by atoms with E-state index in [2.05, 4.69) is 0 Å². The lowest BCUT2D eigenvalue weighted by molar-refractivity contribution is -0.142. The maximum Gasteiger partial charge on any atom is 0.332 e. The Balaban J connectivity index is 2.45. The molecule has 0 aromatic heterocycles. The van der Waals surface area contributed by atoms with Crippen LogP contribution in [0.25, 0.3) is 5.57 Å². The zero-order valence-electron chi connectivity index (χ0n) is 8.28. The largest absolute Gasteiger partial charge is 0.452 e. The molecule has 1 aromatic carbocycles. The number of cyclic esters (lactones) is 1. The van der Waals surface area contributed by atoms with Gasteiger partial charge >= 0.3 is 5.97 Å². The van der Waals surface area contributed by atoms with Crippen LogP contribution < -0.4 is 0 Å². The van der Waals surface area contributed by atoms with Gasteiger partial charge in [-0.2, -0.15) is 0 Å². The highest BCUT2D eigenvalue weighted by atomic mass is 16.6. The topological polar surface area (TPSA) is 26.3 Å². The Morgan fingerprint density at radius 1 is 1.14 bits per heavy atom. The third kappa shape index (κ3) is 1.43. The van der Waals surface area contributed by atoms with Crippen molar-refractivity contribution in [3.05, 3.63) is 42.0 Å². The number of carbonyl (C=O) groups is 1. The lowest BCUT2D eigenvalue weighted by atomic mass is 9.93. The molecule has 0 unspecified atom stereocenters. The zero-order valence-corrected chi connectivity index (χ0v) is 8.28. The van der Waals surface area contributed by atoms with Crippen molar-refractivity contribution in [2.45, 2.75) is 19.4 Å². The van der Waals surface area contributed by atoms with Crippen LogP contribution in [0.5, 0.6) is 0 Å². The summed E-state index contributed by atoms with van der Waals surface area (Å²) in [6.07, 6.45) is 1.56. The number of carbonyl (C=O) groups excluding carboxylic acids is 1. The first kappa shape index (κ1) is 9.00. The van der Waals surface area contributed by atoms with E-state index in [1.54, 1.807) is 6.08 Å². The van der Waals surface area contributed by atoms with E-state index in [1.165, 1.54) is 0 Å². The van der Waals surface area contributed by atoms with Gasteiger partial charge in [0.25, 0.3) is 0 Å². The van der Waals surface area contributed by atoms with Crippen molar-refractivity contribution in [1.82, 2.24) is 0 Å². The summed E-state index contributed by atoms with van der Waals surface area (Å²) < 4.78 is 5.18. The van der Waals surface area contributed by atoms with Crippen LogP contribution in [0.15, 0.2) is 36.4 Å². The summed E-state index contributed by atoms with van der Waals surface area (Å²) in [4.78, 5) is 11.1. The third-order valence-electron chi connectivity index (χ3n) is 2.35. The van der Waals surface area contributed by atoms with Crippen molar-refractivity contribution in [2.24, 2.45) is 0 Å². The van der Waals surface area contributed by atoms with Crippen LogP contribution in [-0.2, 0) is 9.53 Å². The summed E-state index contributed by atoms with van der Waals surface area (Å²) in [5.74, 6) is -0.256. The van der Waals surface area contributed by atoms with Gasteiger partial charge in [-0.15, -0.1) is 0 Å². The molecule has 1 aliphatic heterocycles. The molecule has 0 radical (unpaired) electrons. The first-order chi connectivity index (χ1) is 6.59. The fourth-order valence-corrected chi connectivity index (χ4v) is 1.68. The lowest BCUT2D eigenvalue weighted by Crippen LogP contribution is -2.22. The predicted octanol–water partition coefficient (Wildman–Crippen LogP) is 2.41. The quantitative estimate of drug-likeness (QED) is 0.632. The molecular formula is C12H12O2. The Labute approximate surface area is 83.2 Å². The monoisotopic (exact) mass is 188 g/mol. The molecule has 0 spiro atoms. The van der Waals surface area contributed by atoms with Gasteiger partial charge in [-0.05, 0) is 19.4 Å². The molecule has 1 aliphatic rings. The van der Waals surface area contributed by atoms with E-state index in [4.69, 9.17) is 4.74 Å². The normalized spacial score (nSPS) is 19.0. The maximum absolute atomic E-state index is 11.1. The van der Waals surface area contributed by atoms with E-state index >= 15 is 0 Å². The number of rotatable bonds is 1. The van der Waals surface area contributed by atoms with Crippen LogP contribution in [0.4, 0.5) is 0 Å². The number of esters is 1. The second kappa shape index (κ2) is 2.98. The Morgan fingerprint density at radius 3 is 2.29 bits per heavy atom. The summed E-state index contributed by atoms with van der Waals surface area (Å²) in [6.45, 7) is 3.80. The first-order valence-electron chi connectivity index (χ1n) is 4.60. The molecule has 0 saturated heterocycles. The Kier molecular flexibility index (Phi) is 1.92. The van der Waals surface area contributed by atoms with Gasteiger partial charge in [0.1, 0.15) is 5.60 Å². The Hall–Kier alpha value is -1.57. The van der Waals surface area contributed by atoms with E-state index in [-0.39, 0.29) is 5.97 Å². The molecule has 0 amide bonds. The average molecular weight is 188 g/mol. The SMILES string of the molecule is CC1(C)OC(=O)C=C1c1ccccc1. The van der Waals surface area contributed by atoms with E-state index in [0.29, 0.717) is 0 Å². The van der Waals surface area contributed by atoms with Crippen molar-refractivity contribution in [3.63, 3.8) is 0 Å². The lowest BCUT2D eigenvalue weighted by Gasteiger charge is -2.21. The maximum atomic E-state index is 11.1. The Morgan fingerprint density at radius 2 is 1.79 bits per heavy atom. The standard InChI is InChI=1S/C12H12O2/c1-12(2)10(8-11(13)14-12)9-6-4-3-5-7-9/h3-8H,1-2H3. The fraction of sp³-hybridized carbons (Fsp3) is 0.250. The van der Waals surface area contributed by atoms with Crippen molar-refractivity contribution in [3.8, 4) is 0 Å². The van der Waals surface area contributed by atoms with Gasteiger partial charge in [0.05, 0.1) is 0 Å². The minimum atomic E-state index is -0.502. The van der Waals surface area contributed by atoms with Gasteiger partial charge < -0.3 is 4.74 Å². The minimum absolute atomic E-state index is 0.256. The molecule has 1 aromatic rings. The van der Waals surface area contributed by atoms with Crippen LogP contribution >= 0.6 is 0 Å². The van der Waals surface area contributed by atoms with Gasteiger partial charge in [0.15, 0.2) is 0 Å². The molecule has 0 fully saturated rings. The molecule has 2 heteroatoms. The van der Waals surface area contributed by atoms with Crippen LogP contribution in [0.2, 0.25) is 0 Å². The molecule has 2 nitrogen and oxygen atoms in total. The van der Waals surface area contributed by atoms with Crippen molar-refractivity contribution in [2.75, 3.05) is 0 Å². The highest BCUT2D eigenvalue weighted by molar-refractivity contribution is 5.98. The molecule has 72 valence electrons. The molecule has 0 atom stereocenters. The summed E-state index contributed by atoms with van der Waals surface area (Å²) >= 11 is 0. The summed E-state index contributed by atoms with van der Waals surface area (Å²) in [5, 5.41) is 0. The molecule has 14 heavy (non-hydrogen) atoms. The molecule has 0 aliphatic carbocycles. The van der Waals surface area contributed by atoms with Crippen molar-refractivity contribution < 1.29 is 9.53 Å². The van der Waals surface area contributed by atoms with Crippen LogP contribution in [0.1, 0.15) is 19.4 Å². The molecular weight excluding hydrogens is 176 g/mol. The van der Waals surface area contributed by atoms with E-state index in [0.717, 1.165) is 11.1 Å². The Bertz CT molecular complexity index is 388. The van der Waals surface area contributed by atoms with Crippen molar-refractivity contribution >= 4 is 11.5 Å². The predicted molar refractivity (Wildman–Crippen MR) is 54.6 cm³/mol. The minimum Gasteiger partial charge on any atom is -0.452 e. The van der Waals surface area contributed by atoms with Crippen LogP contribution in [-0.4, -0.2) is 11.6 Å². The molecule has 0 N–H and O–H groups in total. The van der Waals surface area contributed by atoms with Crippen LogP contribution in [0, 0.1) is 0 Å². The highest BCUT2D eigenvalue weighted by Gasteiger charge is 2.34. The highest BCUT2D eigenvalue weighted by Crippen LogP contribution is 2.34. The van der Waals surface area contributed by atoms with Gasteiger partial charge in [-0.25, -0.2) is 4.79 Å². The second-order valence-electron chi connectivity index (χ2n) is 3.86.